The normalized spacial score (nSPS) is 10.4. The number of nitrogen functional groups attached to an aromatic ring is 1. The summed E-state index contributed by atoms with van der Waals surface area (Å²) in [6, 6.07) is 25.9. The molecule has 0 aromatic heterocycles. The molecule has 22 heavy (non-hydrogen) atoms. The van der Waals surface area contributed by atoms with E-state index in [9.17, 15) is 0 Å². The van der Waals surface area contributed by atoms with Crippen LogP contribution >= 0.6 is 23.5 Å². The maximum Gasteiger partial charge on any atom is 0.0530 e. The SMILES string of the molecule is Nc1ccc(N(Sc2ccc(Cl)cc2)c2ccccc2)cc1. The van der Waals surface area contributed by atoms with Crippen LogP contribution in [0.1, 0.15) is 0 Å². The summed E-state index contributed by atoms with van der Waals surface area (Å²) in [5.41, 5.74) is 8.73. The Morgan fingerprint density at radius 1 is 0.727 bits per heavy atom. The van der Waals surface area contributed by atoms with E-state index >= 15 is 0 Å². The third-order valence-corrected chi connectivity index (χ3v) is 4.47. The van der Waals surface area contributed by atoms with E-state index in [4.69, 9.17) is 17.3 Å². The Balaban J connectivity index is 1.96. The number of hydrogen-bond acceptors (Lipinski definition) is 3. The second-order valence-corrected chi connectivity index (χ2v) is 6.22. The highest BCUT2D eigenvalue weighted by Crippen LogP contribution is 2.37. The summed E-state index contributed by atoms with van der Waals surface area (Å²) in [6.45, 7) is 0. The molecule has 0 radical (unpaired) electrons. The van der Waals surface area contributed by atoms with Crippen molar-refractivity contribution in [1.82, 2.24) is 0 Å². The fourth-order valence-corrected chi connectivity index (χ4v) is 3.08. The zero-order valence-electron chi connectivity index (χ0n) is 11.8. The monoisotopic (exact) mass is 326 g/mol. The number of rotatable bonds is 4. The lowest BCUT2D eigenvalue weighted by atomic mass is 10.2. The van der Waals surface area contributed by atoms with E-state index in [-0.39, 0.29) is 0 Å². The van der Waals surface area contributed by atoms with E-state index in [1.807, 2.05) is 66.7 Å². The first kappa shape index (κ1) is 14.8. The largest absolute Gasteiger partial charge is 0.399 e. The van der Waals surface area contributed by atoms with Crippen molar-refractivity contribution >= 4 is 40.6 Å². The van der Waals surface area contributed by atoms with E-state index in [1.165, 1.54) is 0 Å². The Morgan fingerprint density at radius 3 is 1.95 bits per heavy atom. The summed E-state index contributed by atoms with van der Waals surface area (Å²) in [6.07, 6.45) is 0. The van der Waals surface area contributed by atoms with Gasteiger partial charge in [0.15, 0.2) is 0 Å². The molecule has 0 heterocycles. The van der Waals surface area contributed by atoms with Gasteiger partial charge in [0, 0.05) is 15.6 Å². The number of nitrogens with zero attached hydrogens (tertiary/aromatic N) is 1. The average Bonchev–Trinajstić information content (AvgIpc) is 2.56. The molecule has 0 saturated heterocycles. The van der Waals surface area contributed by atoms with Crippen LogP contribution in [0.15, 0.2) is 83.8 Å². The zero-order valence-corrected chi connectivity index (χ0v) is 13.4. The van der Waals surface area contributed by atoms with E-state index in [1.54, 1.807) is 11.9 Å². The van der Waals surface area contributed by atoms with Crippen molar-refractivity contribution in [1.29, 1.82) is 0 Å². The Hall–Kier alpha value is -2.10. The van der Waals surface area contributed by atoms with Gasteiger partial charge < -0.3 is 5.73 Å². The number of nitrogens with two attached hydrogens (primary N) is 1. The number of benzene rings is 3. The van der Waals surface area contributed by atoms with Crippen LogP contribution in [0.25, 0.3) is 0 Å². The number of halogens is 1. The highest BCUT2D eigenvalue weighted by atomic mass is 35.5. The molecule has 0 amide bonds. The number of para-hydroxylation sites is 1. The lowest BCUT2D eigenvalue weighted by Gasteiger charge is -2.23. The molecule has 0 aliphatic carbocycles. The molecule has 0 aliphatic heterocycles. The lowest BCUT2D eigenvalue weighted by molar-refractivity contribution is 1.39. The maximum absolute atomic E-state index is 5.96. The van der Waals surface area contributed by atoms with Gasteiger partial charge in [-0.3, -0.25) is 4.31 Å². The number of hydrogen-bond donors (Lipinski definition) is 1. The van der Waals surface area contributed by atoms with Crippen LogP contribution in [-0.2, 0) is 0 Å². The minimum Gasteiger partial charge on any atom is -0.399 e. The quantitative estimate of drug-likeness (QED) is 0.487. The predicted octanol–water partition coefficient (Wildman–Crippen LogP) is 5.77. The smallest absolute Gasteiger partial charge is 0.0530 e. The van der Waals surface area contributed by atoms with Gasteiger partial charge in [-0.25, -0.2) is 0 Å². The molecule has 3 aromatic carbocycles. The minimum absolute atomic E-state index is 0.739. The predicted molar refractivity (Wildman–Crippen MR) is 96.7 cm³/mol. The first-order valence-corrected chi connectivity index (χ1v) is 8.02. The molecular formula is C18H15ClN2S. The van der Waals surface area contributed by atoms with Crippen molar-refractivity contribution in [3.63, 3.8) is 0 Å². The van der Waals surface area contributed by atoms with E-state index in [0.29, 0.717) is 0 Å². The molecule has 110 valence electrons. The first-order valence-electron chi connectivity index (χ1n) is 6.86. The molecule has 3 aromatic rings. The van der Waals surface area contributed by atoms with Gasteiger partial charge in [0.2, 0.25) is 0 Å². The summed E-state index contributed by atoms with van der Waals surface area (Å²) in [5.74, 6) is 0. The zero-order chi connectivity index (χ0) is 15.4. The molecule has 2 N–H and O–H groups in total. The van der Waals surface area contributed by atoms with Crippen LogP contribution in [0, 0.1) is 0 Å². The van der Waals surface area contributed by atoms with Crippen molar-refractivity contribution in [2.24, 2.45) is 0 Å². The summed E-state index contributed by atoms with van der Waals surface area (Å²) < 4.78 is 2.17. The molecular weight excluding hydrogens is 312 g/mol. The van der Waals surface area contributed by atoms with Crippen LogP contribution in [0.4, 0.5) is 17.1 Å². The molecule has 0 unspecified atom stereocenters. The van der Waals surface area contributed by atoms with Crippen LogP contribution < -0.4 is 10.0 Å². The Kier molecular flexibility index (Phi) is 4.56. The van der Waals surface area contributed by atoms with Gasteiger partial charge in [-0.1, -0.05) is 29.8 Å². The van der Waals surface area contributed by atoms with Crippen LogP contribution in [0.3, 0.4) is 0 Å². The molecule has 2 nitrogen and oxygen atoms in total. The summed E-state index contributed by atoms with van der Waals surface area (Å²) >= 11 is 7.61. The van der Waals surface area contributed by atoms with Gasteiger partial charge >= 0.3 is 0 Å². The third kappa shape index (κ3) is 3.56. The summed E-state index contributed by atoms with van der Waals surface area (Å²) in [7, 11) is 0. The van der Waals surface area contributed by atoms with Crippen molar-refractivity contribution < 1.29 is 0 Å². The molecule has 0 aliphatic rings. The van der Waals surface area contributed by atoms with Crippen molar-refractivity contribution in [2.45, 2.75) is 4.90 Å². The third-order valence-electron chi connectivity index (χ3n) is 3.13. The minimum atomic E-state index is 0.739. The highest BCUT2D eigenvalue weighted by Gasteiger charge is 2.11. The lowest BCUT2D eigenvalue weighted by Crippen LogP contribution is -2.06. The summed E-state index contributed by atoms with van der Waals surface area (Å²) in [5, 5.41) is 0.739. The fourth-order valence-electron chi connectivity index (χ4n) is 2.03. The molecule has 3 rings (SSSR count). The topological polar surface area (TPSA) is 29.3 Å². The Bertz CT molecular complexity index is 727. The second kappa shape index (κ2) is 6.77. The maximum atomic E-state index is 5.96. The van der Waals surface area contributed by atoms with E-state index < -0.39 is 0 Å². The summed E-state index contributed by atoms with van der Waals surface area (Å²) in [4.78, 5) is 1.12. The average molecular weight is 327 g/mol. The van der Waals surface area contributed by atoms with Crippen molar-refractivity contribution in [3.8, 4) is 0 Å². The standard InChI is InChI=1S/C18H15ClN2S/c19-14-6-12-18(13-7-14)22-21(16-4-2-1-3-5-16)17-10-8-15(20)9-11-17/h1-13H,20H2. The molecule has 0 saturated carbocycles. The second-order valence-electron chi connectivity index (χ2n) is 4.77. The van der Waals surface area contributed by atoms with Gasteiger partial charge in [0.25, 0.3) is 0 Å². The molecule has 0 bridgehead atoms. The molecule has 0 fully saturated rings. The Labute approximate surface area is 139 Å². The van der Waals surface area contributed by atoms with Gasteiger partial charge in [0.1, 0.15) is 0 Å². The van der Waals surface area contributed by atoms with E-state index in [0.717, 1.165) is 27.0 Å². The van der Waals surface area contributed by atoms with Crippen molar-refractivity contribution in [2.75, 3.05) is 10.0 Å². The first-order chi connectivity index (χ1) is 10.7. The highest BCUT2D eigenvalue weighted by molar-refractivity contribution is 8.01. The molecule has 4 heteroatoms. The van der Waals surface area contributed by atoms with Gasteiger partial charge in [-0.05, 0) is 72.6 Å². The molecule has 0 atom stereocenters. The Morgan fingerprint density at radius 2 is 1.32 bits per heavy atom. The van der Waals surface area contributed by atoms with Gasteiger partial charge in [-0.2, -0.15) is 0 Å². The van der Waals surface area contributed by atoms with Crippen LogP contribution in [0.5, 0.6) is 0 Å². The van der Waals surface area contributed by atoms with Gasteiger partial charge in [0.05, 0.1) is 11.4 Å². The van der Waals surface area contributed by atoms with E-state index in [2.05, 4.69) is 16.4 Å². The van der Waals surface area contributed by atoms with Crippen molar-refractivity contribution in [3.05, 3.63) is 83.9 Å². The fraction of sp³-hybridized carbons (Fsp3) is 0. The number of anilines is 3. The van der Waals surface area contributed by atoms with Crippen LogP contribution in [-0.4, -0.2) is 0 Å². The van der Waals surface area contributed by atoms with Gasteiger partial charge in [-0.15, -0.1) is 0 Å². The van der Waals surface area contributed by atoms with Crippen LogP contribution in [0.2, 0.25) is 5.02 Å². The molecule has 0 spiro atoms.